The van der Waals surface area contributed by atoms with Crippen LogP contribution in [0.15, 0.2) is 48.5 Å². The number of ether oxygens (including phenoxy) is 1. The molecule has 0 aliphatic carbocycles. The largest absolute Gasteiger partial charge is 0.465 e. The summed E-state index contributed by atoms with van der Waals surface area (Å²) in [6.07, 6.45) is 2.02. The third kappa shape index (κ3) is 4.48. The number of hydrazine groups is 1. The van der Waals surface area contributed by atoms with E-state index in [-0.39, 0.29) is 6.79 Å². The molecule has 21 heavy (non-hydrogen) atoms. The van der Waals surface area contributed by atoms with Crippen molar-refractivity contribution in [3.63, 3.8) is 0 Å². The van der Waals surface area contributed by atoms with Gasteiger partial charge in [0.1, 0.15) is 5.75 Å². The van der Waals surface area contributed by atoms with Gasteiger partial charge in [-0.2, -0.15) is 5.17 Å². The first-order chi connectivity index (χ1) is 10.2. The first-order valence-corrected chi connectivity index (χ1v) is 7.16. The van der Waals surface area contributed by atoms with Gasteiger partial charge >= 0.3 is 0 Å². The van der Waals surface area contributed by atoms with Crippen molar-refractivity contribution in [1.29, 1.82) is 0 Å². The minimum Gasteiger partial charge on any atom is -0.465 e. The van der Waals surface area contributed by atoms with Crippen molar-refractivity contribution in [3.8, 4) is 5.75 Å². The maximum atomic E-state index is 5.95. The van der Waals surface area contributed by atoms with Crippen LogP contribution < -0.4 is 15.8 Å². The molecule has 2 N–H and O–H groups in total. The second kappa shape index (κ2) is 7.67. The van der Waals surface area contributed by atoms with E-state index in [0.29, 0.717) is 0 Å². The van der Waals surface area contributed by atoms with E-state index in [1.165, 1.54) is 10.7 Å². The Morgan fingerprint density at radius 3 is 2.48 bits per heavy atom. The molecular formula is C17H22N2O2. The molecule has 0 unspecified atom stereocenters. The van der Waals surface area contributed by atoms with Crippen molar-refractivity contribution in [2.45, 2.75) is 26.7 Å². The summed E-state index contributed by atoms with van der Waals surface area (Å²) in [5.41, 5.74) is 3.22. The lowest BCUT2D eigenvalue weighted by Crippen LogP contribution is -2.33. The van der Waals surface area contributed by atoms with E-state index < -0.39 is 0 Å². The van der Waals surface area contributed by atoms with Gasteiger partial charge in [0.05, 0.1) is 5.69 Å². The van der Waals surface area contributed by atoms with Crippen molar-refractivity contribution in [2.24, 2.45) is 5.84 Å². The molecule has 0 amide bonds. The fourth-order valence-corrected chi connectivity index (χ4v) is 2.06. The summed E-state index contributed by atoms with van der Waals surface area (Å²) in [4.78, 5) is 5.44. The highest BCUT2D eigenvalue weighted by Crippen LogP contribution is 2.20. The van der Waals surface area contributed by atoms with Gasteiger partial charge in [-0.3, -0.25) is 0 Å². The zero-order valence-electron chi connectivity index (χ0n) is 12.6. The van der Waals surface area contributed by atoms with Gasteiger partial charge in [-0.05, 0) is 37.1 Å². The number of rotatable bonds is 7. The van der Waals surface area contributed by atoms with E-state index in [1.54, 1.807) is 0 Å². The first-order valence-electron chi connectivity index (χ1n) is 7.16. The topological polar surface area (TPSA) is 47.7 Å². The number of para-hydroxylation sites is 1. The molecule has 0 saturated heterocycles. The molecule has 4 nitrogen and oxygen atoms in total. The maximum absolute atomic E-state index is 5.95. The molecule has 112 valence electrons. The van der Waals surface area contributed by atoms with Gasteiger partial charge in [0.2, 0.25) is 6.79 Å². The standard InChI is InChI=1S/C17H22N2O2/c1-3-6-15-7-4-5-8-17(15)19(18)21-13-20-16-11-9-14(2)10-12-16/h4-5,7-12H,3,6,13,18H2,1-2H3. The fraction of sp³-hybridized carbons (Fsp3) is 0.294. The second-order valence-corrected chi connectivity index (χ2v) is 4.91. The van der Waals surface area contributed by atoms with Gasteiger partial charge in [0, 0.05) is 0 Å². The van der Waals surface area contributed by atoms with Gasteiger partial charge in [-0.25, -0.2) is 10.7 Å². The quantitative estimate of drug-likeness (QED) is 0.480. The molecule has 0 heterocycles. The molecular weight excluding hydrogens is 264 g/mol. The molecule has 0 bridgehead atoms. The van der Waals surface area contributed by atoms with Crippen molar-refractivity contribution in [1.82, 2.24) is 0 Å². The van der Waals surface area contributed by atoms with Crippen LogP contribution in [0.3, 0.4) is 0 Å². The summed E-state index contributed by atoms with van der Waals surface area (Å²) in [5.74, 6) is 6.71. The van der Waals surface area contributed by atoms with Crippen molar-refractivity contribution < 1.29 is 9.57 Å². The highest BCUT2D eigenvalue weighted by Gasteiger charge is 2.07. The Balaban J connectivity index is 1.89. The minimum absolute atomic E-state index is 0.0695. The molecule has 2 aromatic rings. The van der Waals surface area contributed by atoms with E-state index in [9.17, 15) is 0 Å². The second-order valence-electron chi connectivity index (χ2n) is 4.91. The number of hydrogen-bond donors (Lipinski definition) is 1. The van der Waals surface area contributed by atoms with Gasteiger partial charge in [0.25, 0.3) is 0 Å². The molecule has 0 aromatic heterocycles. The number of nitrogens with zero attached hydrogens (tertiary/aromatic N) is 1. The van der Waals surface area contributed by atoms with E-state index in [2.05, 4.69) is 13.0 Å². The summed E-state index contributed by atoms with van der Waals surface area (Å²) >= 11 is 0. The Hall–Kier alpha value is -2.04. The molecule has 0 saturated carbocycles. The summed E-state index contributed by atoms with van der Waals surface area (Å²) in [5, 5.41) is 1.28. The van der Waals surface area contributed by atoms with E-state index >= 15 is 0 Å². The van der Waals surface area contributed by atoms with Crippen LogP contribution in [0.25, 0.3) is 0 Å². The average Bonchev–Trinajstić information content (AvgIpc) is 2.50. The molecule has 2 aromatic carbocycles. The van der Waals surface area contributed by atoms with Crippen molar-refractivity contribution >= 4 is 5.69 Å². The zero-order valence-corrected chi connectivity index (χ0v) is 12.6. The van der Waals surface area contributed by atoms with Crippen LogP contribution in [0, 0.1) is 6.92 Å². The van der Waals surface area contributed by atoms with Crippen LogP contribution in [0.4, 0.5) is 5.69 Å². The lowest BCUT2D eigenvalue weighted by atomic mass is 10.1. The van der Waals surface area contributed by atoms with E-state index in [4.69, 9.17) is 15.4 Å². The monoisotopic (exact) mass is 286 g/mol. The molecule has 0 atom stereocenters. The summed E-state index contributed by atoms with van der Waals surface area (Å²) in [7, 11) is 0. The van der Waals surface area contributed by atoms with Crippen LogP contribution >= 0.6 is 0 Å². The van der Waals surface area contributed by atoms with Crippen molar-refractivity contribution in [2.75, 3.05) is 12.0 Å². The summed E-state index contributed by atoms with van der Waals surface area (Å²) in [6, 6.07) is 15.7. The zero-order chi connectivity index (χ0) is 15.1. The molecule has 4 heteroatoms. The summed E-state index contributed by atoms with van der Waals surface area (Å²) < 4.78 is 5.51. The predicted molar refractivity (Wildman–Crippen MR) is 84.9 cm³/mol. The molecule has 0 fully saturated rings. The van der Waals surface area contributed by atoms with Crippen LogP contribution in [-0.4, -0.2) is 6.79 Å². The Morgan fingerprint density at radius 1 is 1.05 bits per heavy atom. The molecule has 0 aliphatic heterocycles. The Bertz CT molecular complexity index is 555. The minimum atomic E-state index is 0.0695. The van der Waals surface area contributed by atoms with Gasteiger partial charge in [0.15, 0.2) is 0 Å². The number of nitrogens with two attached hydrogens (primary N) is 1. The van der Waals surface area contributed by atoms with Crippen LogP contribution in [0.2, 0.25) is 0 Å². The number of anilines is 1. The Kier molecular flexibility index (Phi) is 5.60. The highest BCUT2D eigenvalue weighted by molar-refractivity contribution is 5.50. The smallest absolute Gasteiger partial charge is 0.215 e. The van der Waals surface area contributed by atoms with Gasteiger partial charge < -0.3 is 4.74 Å². The van der Waals surface area contributed by atoms with Gasteiger partial charge in [-0.1, -0.05) is 49.2 Å². The van der Waals surface area contributed by atoms with Crippen LogP contribution in [0.1, 0.15) is 24.5 Å². The number of hydrogen-bond acceptors (Lipinski definition) is 4. The van der Waals surface area contributed by atoms with Crippen molar-refractivity contribution in [3.05, 3.63) is 59.7 Å². The fourth-order valence-electron chi connectivity index (χ4n) is 2.06. The van der Waals surface area contributed by atoms with Gasteiger partial charge in [-0.15, -0.1) is 0 Å². The lowest BCUT2D eigenvalue weighted by Gasteiger charge is -2.20. The number of aryl methyl sites for hydroxylation is 2. The molecule has 2 rings (SSSR count). The molecule has 0 spiro atoms. The Labute approximate surface area is 126 Å². The van der Waals surface area contributed by atoms with E-state index in [0.717, 1.165) is 29.8 Å². The number of benzene rings is 2. The average molecular weight is 286 g/mol. The van der Waals surface area contributed by atoms with Crippen LogP contribution in [0.5, 0.6) is 5.75 Å². The normalized spacial score (nSPS) is 10.4. The molecule has 0 aliphatic rings. The third-order valence-corrected chi connectivity index (χ3v) is 3.19. The maximum Gasteiger partial charge on any atom is 0.215 e. The SMILES string of the molecule is CCCc1ccccc1N(N)OCOc1ccc(C)cc1. The first kappa shape index (κ1) is 15.4. The predicted octanol–water partition coefficient (Wildman–Crippen LogP) is 3.60. The molecule has 0 radical (unpaired) electrons. The lowest BCUT2D eigenvalue weighted by molar-refractivity contribution is -0.00124. The Morgan fingerprint density at radius 2 is 1.76 bits per heavy atom. The third-order valence-electron chi connectivity index (χ3n) is 3.19. The van der Waals surface area contributed by atoms with E-state index in [1.807, 2.05) is 49.4 Å². The van der Waals surface area contributed by atoms with Crippen LogP contribution in [-0.2, 0) is 11.3 Å². The summed E-state index contributed by atoms with van der Waals surface area (Å²) in [6.45, 7) is 4.24. The highest BCUT2D eigenvalue weighted by atomic mass is 16.8.